The van der Waals surface area contributed by atoms with Gasteiger partial charge in [-0.05, 0) is 12.8 Å². The molecule has 1 rings (SSSR count). The number of nitrogens with zero attached hydrogens (tertiary/aromatic N) is 1. The van der Waals surface area contributed by atoms with Gasteiger partial charge in [0.1, 0.15) is 24.2 Å². The molecule has 0 spiro atoms. The molecule has 228 valence electrons. The minimum Gasteiger partial charge on any atom is -0.481 e. The number of guanidine groups is 1. The number of nitrogens with one attached hydrogen (secondary N) is 5. The van der Waals surface area contributed by atoms with Crippen molar-refractivity contribution in [3.05, 3.63) is 0 Å². The van der Waals surface area contributed by atoms with Gasteiger partial charge in [-0.15, -0.1) is 11.8 Å². The fourth-order valence-corrected chi connectivity index (χ4v) is 4.15. The van der Waals surface area contributed by atoms with Crippen LogP contribution >= 0.6 is 11.8 Å². The number of carbonyl (C=O) groups is 8. The smallest absolute Gasteiger partial charge is 0.327 e. The Labute approximate surface area is 236 Å². The molecule has 1 saturated heterocycles. The first-order valence-electron chi connectivity index (χ1n) is 12.0. The highest BCUT2D eigenvalue weighted by atomic mass is 32.2. The second-order valence-electron chi connectivity index (χ2n) is 8.58. The van der Waals surface area contributed by atoms with Gasteiger partial charge in [0.05, 0.1) is 25.1 Å². The molecule has 1 aliphatic rings. The maximum absolute atomic E-state index is 12.9. The zero-order valence-corrected chi connectivity index (χ0v) is 22.4. The molecule has 0 bridgehead atoms. The van der Waals surface area contributed by atoms with Crippen molar-refractivity contribution in [3.63, 3.8) is 0 Å². The van der Waals surface area contributed by atoms with Gasteiger partial charge in [0.25, 0.3) is 0 Å². The van der Waals surface area contributed by atoms with Crippen LogP contribution in [0, 0.1) is 0 Å². The van der Waals surface area contributed by atoms with Crippen molar-refractivity contribution in [2.45, 2.75) is 49.9 Å². The van der Waals surface area contributed by atoms with Gasteiger partial charge in [0.2, 0.25) is 29.5 Å². The summed E-state index contributed by atoms with van der Waals surface area (Å²) in [5.41, 5.74) is 10.5. The molecule has 0 aromatic carbocycles. The van der Waals surface area contributed by atoms with Crippen molar-refractivity contribution >= 4 is 65.2 Å². The molecule has 0 saturated carbocycles. The molecule has 12 N–H and O–H groups in total. The third kappa shape index (κ3) is 13.8. The molecule has 0 aromatic rings. The van der Waals surface area contributed by atoms with E-state index in [9.17, 15) is 48.6 Å². The normalized spacial score (nSPS) is 23.3. The van der Waals surface area contributed by atoms with E-state index in [0.717, 1.165) is 0 Å². The predicted molar refractivity (Wildman–Crippen MR) is 140 cm³/mol. The lowest BCUT2D eigenvalue weighted by Gasteiger charge is -2.23. The Balaban J connectivity index is 3.27. The first-order chi connectivity index (χ1) is 19.2. The Morgan fingerprint density at radius 3 is 1.90 bits per heavy atom. The molecule has 4 atom stereocenters. The second-order valence-corrected chi connectivity index (χ2v) is 9.61. The molecule has 1 fully saturated rings. The predicted octanol–water partition coefficient (Wildman–Crippen LogP) is -5.12. The van der Waals surface area contributed by atoms with E-state index in [-0.39, 0.29) is 31.1 Å². The lowest BCUT2D eigenvalue weighted by atomic mass is 10.1. The number of carboxylic acid groups (broad SMARTS) is 3. The summed E-state index contributed by atoms with van der Waals surface area (Å²) in [4.78, 5) is 101. The lowest BCUT2D eigenvalue weighted by molar-refractivity contribution is -0.143. The molecule has 1 aliphatic heterocycles. The molecular formula is C21H32N8O11S. The molecule has 41 heavy (non-hydrogen) atoms. The highest BCUT2D eigenvalue weighted by molar-refractivity contribution is 8.00. The van der Waals surface area contributed by atoms with Crippen molar-refractivity contribution in [1.82, 2.24) is 26.6 Å². The molecule has 0 unspecified atom stereocenters. The van der Waals surface area contributed by atoms with E-state index >= 15 is 0 Å². The molecule has 19 nitrogen and oxygen atoms in total. The Hall–Kier alpha value is -4.62. The van der Waals surface area contributed by atoms with Crippen molar-refractivity contribution in [1.29, 1.82) is 0 Å². The van der Waals surface area contributed by atoms with Crippen LogP contribution in [-0.4, -0.2) is 117 Å². The van der Waals surface area contributed by atoms with E-state index in [1.807, 2.05) is 0 Å². The quantitative estimate of drug-likeness (QED) is 0.0668. The van der Waals surface area contributed by atoms with Crippen LogP contribution in [0.3, 0.4) is 0 Å². The van der Waals surface area contributed by atoms with E-state index in [1.165, 1.54) is 0 Å². The molecule has 0 aliphatic carbocycles. The van der Waals surface area contributed by atoms with Crippen LogP contribution < -0.4 is 38.1 Å². The third-order valence-corrected chi connectivity index (χ3v) is 6.23. The van der Waals surface area contributed by atoms with E-state index in [0.29, 0.717) is 11.8 Å². The number of amides is 5. The average molecular weight is 605 g/mol. The summed E-state index contributed by atoms with van der Waals surface area (Å²) in [7, 11) is 0. The van der Waals surface area contributed by atoms with Crippen LogP contribution in [0.4, 0.5) is 0 Å². The van der Waals surface area contributed by atoms with Gasteiger partial charge in [-0.2, -0.15) is 0 Å². The van der Waals surface area contributed by atoms with Gasteiger partial charge in [-0.3, -0.25) is 38.6 Å². The van der Waals surface area contributed by atoms with Gasteiger partial charge in [-0.1, -0.05) is 0 Å². The van der Waals surface area contributed by atoms with Crippen LogP contribution in [0.5, 0.6) is 0 Å². The van der Waals surface area contributed by atoms with Gasteiger partial charge >= 0.3 is 17.9 Å². The van der Waals surface area contributed by atoms with Crippen LogP contribution in [0.15, 0.2) is 4.99 Å². The standard InChI is InChI=1S/C21H32N8O11S/c22-21(23)24-3-1-2-9-17(36)25-6-13(30)26-10(4-15(32)33)19(38)29-12(20(39)40)7-41-8-14(31)27-11(5-16(34)35)18(37)28-9/h9-12H,1-8H2,(H,25,36)(H,26,30)(H,27,31)(H,28,37)(H,29,38)(H,32,33)(H,34,35)(H,39,40)(H4,22,23,24)/t9-,10-,11+,12-/m0/s1. The number of carboxylic acids is 3. The summed E-state index contributed by atoms with van der Waals surface area (Å²) < 4.78 is 0. The minimum absolute atomic E-state index is 0.0539. The van der Waals surface area contributed by atoms with Crippen molar-refractivity contribution < 1.29 is 53.7 Å². The molecule has 0 aromatic heterocycles. The van der Waals surface area contributed by atoms with Gasteiger partial charge in [-0.25, -0.2) is 4.79 Å². The maximum Gasteiger partial charge on any atom is 0.327 e. The number of aliphatic imine (C=N–C) groups is 1. The number of carbonyl (C=O) groups excluding carboxylic acids is 5. The highest BCUT2D eigenvalue weighted by Crippen LogP contribution is 2.07. The SMILES string of the molecule is NC(N)=NCCC[C@@H]1NC(=O)[C@@H](CC(=O)O)NC(=O)CSC[C@@H](C(=O)O)NC(=O)[C@H](CC(=O)O)NC(=O)CNC1=O. The summed E-state index contributed by atoms with van der Waals surface area (Å²) >= 11 is 0.710. The number of hydrogen-bond acceptors (Lipinski definition) is 10. The summed E-state index contributed by atoms with van der Waals surface area (Å²) in [5.74, 6) is -10.5. The molecule has 5 amide bonds. The average Bonchev–Trinajstić information content (AvgIpc) is 2.86. The Kier molecular flexibility index (Phi) is 14.4. The van der Waals surface area contributed by atoms with Gasteiger partial charge in [0.15, 0.2) is 5.96 Å². The minimum atomic E-state index is -1.71. The number of thioether (sulfide) groups is 1. The van der Waals surface area contributed by atoms with Gasteiger partial charge in [0, 0.05) is 12.3 Å². The number of hydrogen-bond donors (Lipinski definition) is 10. The van der Waals surface area contributed by atoms with Crippen LogP contribution in [0.2, 0.25) is 0 Å². The lowest BCUT2D eigenvalue weighted by Crippen LogP contribution is -2.57. The Morgan fingerprint density at radius 2 is 1.37 bits per heavy atom. The monoisotopic (exact) mass is 604 g/mol. The van der Waals surface area contributed by atoms with Gasteiger partial charge < -0.3 is 53.4 Å². The first-order valence-corrected chi connectivity index (χ1v) is 13.1. The van der Waals surface area contributed by atoms with Crippen molar-refractivity contribution in [2.24, 2.45) is 16.5 Å². The van der Waals surface area contributed by atoms with Crippen LogP contribution in [0.25, 0.3) is 0 Å². The zero-order valence-electron chi connectivity index (χ0n) is 21.6. The van der Waals surface area contributed by atoms with Crippen LogP contribution in [0.1, 0.15) is 25.7 Å². The number of rotatable bonds is 9. The van der Waals surface area contributed by atoms with E-state index in [1.54, 1.807) is 0 Å². The number of nitrogens with two attached hydrogens (primary N) is 2. The van der Waals surface area contributed by atoms with E-state index in [2.05, 4.69) is 31.6 Å². The summed E-state index contributed by atoms with van der Waals surface area (Å²) in [6.45, 7) is -0.728. The Morgan fingerprint density at radius 1 is 0.805 bits per heavy atom. The first kappa shape index (κ1) is 34.4. The largest absolute Gasteiger partial charge is 0.481 e. The Bertz CT molecular complexity index is 1070. The summed E-state index contributed by atoms with van der Waals surface area (Å²) in [5, 5.41) is 38.6. The highest BCUT2D eigenvalue weighted by Gasteiger charge is 2.31. The van der Waals surface area contributed by atoms with Crippen molar-refractivity contribution in [2.75, 3.05) is 24.6 Å². The maximum atomic E-state index is 12.9. The summed E-state index contributed by atoms with van der Waals surface area (Å²) in [6.07, 6.45) is -1.70. The fraction of sp³-hybridized carbons (Fsp3) is 0.571. The van der Waals surface area contributed by atoms with E-state index in [4.69, 9.17) is 16.6 Å². The van der Waals surface area contributed by atoms with E-state index < -0.39 is 96.8 Å². The fourth-order valence-electron chi connectivity index (χ4n) is 3.30. The second kappa shape index (κ2) is 17.2. The molecule has 20 heteroatoms. The zero-order chi connectivity index (χ0) is 31.1. The van der Waals surface area contributed by atoms with Crippen molar-refractivity contribution in [3.8, 4) is 0 Å². The topological polar surface area (TPSA) is 322 Å². The number of aliphatic carboxylic acids is 3. The molecular weight excluding hydrogens is 572 g/mol. The third-order valence-electron chi connectivity index (χ3n) is 5.19. The molecule has 1 heterocycles. The summed E-state index contributed by atoms with van der Waals surface area (Å²) in [6, 6.07) is -6.29. The molecule has 0 radical (unpaired) electrons. The van der Waals surface area contributed by atoms with Crippen LogP contribution in [-0.2, 0) is 38.4 Å².